The van der Waals surface area contributed by atoms with Crippen LogP contribution in [0.15, 0.2) is 54.6 Å². The van der Waals surface area contributed by atoms with E-state index in [4.69, 9.17) is 18.6 Å². The van der Waals surface area contributed by atoms with Gasteiger partial charge in [0.05, 0.1) is 28.0 Å². The van der Waals surface area contributed by atoms with Crippen LogP contribution in [0.2, 0.25) is 0 Å². The van der Waals surface area contributed by atoms with Gasteiger partial charge in [0.15, 0.2) is 0 Å². The summed E-state index contributed by atoms with van der Waals surface area (Å²) in [5.41, 5.74) is -1.40. The van der Waals surface area contributed by atoms with E-state index in [1.807, 2.05) is 55.4 Å². The van der Waals surface area contributed by atoms with Gasteiger partial charge < -0.3 is 34.4 Å². The minimum absolute atomic E-state index is 0.0522. The van der Waals surface area contributed by atoms with Crippen LogP contribution in [-0.2, 0) is 31.7 Å². The molecule has 2 aliphatic rings. The Balaban J connectivity index is 1.22. The lowest BCUT2D eigenvalue weighted by atomic mass is 9.78. The molecule has 3 aromatic rings. The average Bonchev–Trinajstić information content (AvgIpc) is 3.37. The van der Waals surface area contributed by atoms with Gasteiger partial charge >= 0.3 is 20.2 Å². The molecule has 258 valence electrons. The Morgan fingerprint density at radius 2 is 0.939 bits per heavy atom. The lowest BCUT2D eigenvalue weighted by Gasteiger charge is -2.32. The second kappa shape index (κ2) is 13.0. The number of halogens is 2. The Kier molecular flexibility index (Phi) is 9.58. The first-order valence-corrected chi connectivity index (χ1v) is 15.9. The molecule has 2 amide bonds. The highest BCUT2D eigenvalue weighted by atomic mass is 19.1. The molecule has 49 heavy (non-hydrogen) atoms. The number of amides is 2. The summed E-state index contributed by atoms with van der Waals surface area (Å²) < 4.78 is 53.9. The van der Waals surface area contributed by atoms with E-state index in [1.54, 1.807) is 6.07 Å². The molecule has 2 fully saturated rings. The van der Waals surface area contributed by atoms with Crippen LogP contribution in [0.4, 0.5) is 8.78 Å². The summed E-state index contributed by atoms with van der Waals surface area (Å²) in [6, 6.07) is 12.4. The van der Waals surface area contributed by atoms with Crippen molar-refractivity contribution in [2.45, 2.75) is 90.9 Å². The predicted molar refractivity (Wildman–Crippen MR) is 180 cm³/mol. The predicted octanol–water partition coefficient (Wildman–Crippen LogP) is 4.12. The fourth-order valence-corrected chi connectivity index (χ4v) is 5.32. The topological polar surface area (TPSA) is 132 Å². The molecule has 5 rings (SSSR count). The first-order chi connectivity index (χ1) is 22.7. The molecule has 2 heterocycles. The molecule has 0 atom stereocenters. The molecular formula is C35H40B2F2N2O8. The van der Waals surface area contributed by atoms with Gasteiger partial charge in [0.25, 0.3) is 11.8 Å². The van der Waals surface area contributed by atoms with Crippen LogP contribution in [0.1, 0.15) is 97.6 Å². The maximum Gasteiger partial charge on any atom is 0.497 e. The largest absolute Gasteiger partial charge is 0.497 e. The van der Waals surface area contributed by atoms with E-state index in [0.717, 1.165) is 12.1 Å². The SMILES string of the molecule is CC1(C)OB(c2ccc(C(=O)NCc3cc(CNC(=O)c4ccc(B5OC(C)(C)C(C)(C)O5)c(F)c4)cc(C(=O)O)c3)cc2F)OC1(C)C. The van der Waals surface area contributed by atoms with Crippen LogP contribution < -0.4 is 21.6 Å². The van der Waals surface area contributed by atoms with Crippen molar-refractivity contribution in [3.63, 3.8) is 0 Å². The fraction of sp³-hybridized carbons (Fsp3) is 0.400. The Morgan fingerprint density at radius 3 is 1.24 bits per heavy atom. The fourth-order valence-electron chi connectivity index (χ4n) is 5.32. The van der Waals surface area contributed by atoms with E-state index >= 15 is 8.78 Å². The molecule has 10 nitrogen and oxygen atoms in total. The first-order valence-electron chi connectivity index (χ1n) is 15.9. The zero-order valence-electron chi connectivity index (χ0n) is 28.8. The van der Waals surface area contributed by atoms with Crippen molar-refractivity contribution in [3.05, 3.63) is 94.0 Å². The molecule has 0 bridgehead atoms. The van der Waals surface area contributed by atoms with Gasteiger partial charge in [0, 0.05) is 35.1 Å². The van der Waals surface area contributed by atoms with Gasteiger partial charge in [-0.2, -0.15) is 0 Å². The van der Waals surface area contributed by atoms with Gasteiger partial charge in [-0.25, -0.2) is 13.6 Å². The number of carbonyl (C=O) groups excluding carboxylic acids is 2. The van der Waals surface area contributed by atoms with E-state index in [2.05, 4.69) is 10.6 Å². The Labute approximate surface area is 285 Å². The molecule has 14 heteroatoms. The van der Waals surface area contributed by atoms with Gasteiger partial charge in [0.2, 0.25) is 0 Å². The van der Waals surface area contributed by atoms with Gasteiger partial charge in [-0.15, -0.1) is 0 Å². The number of carbonyl (C=O) groups is 3. The molecule has 3 aromatic carbocycles. The van der Waals surface area contributed by atoms with Crippen LogP contribution >= 0.6 is 0 Å². The van der Waals surface area contributed by atoms with Gasteiger partial charge in [0.1, 0.15) is 11.6 Å². The van der Waals surface area contributed by atoms with Crippen LogP contribution in [-0.4, -0.2) is 59.5 Å². The minimum Gasteiger partial charge on any atom is -0.478 e. The number of hydrogen-bond acceptors (Lipinski definition) is 7. The first kappa shape index (κ1) is 36.2. The number of benzene rings is 3. The molecule has 0 unspecified atom stereocenters. The molecule has 2 aliphatic heterocycles. The lowest BCUT2D eigenvalue weighted by Crippen LogP contribution is -2.41. The maximum absolute atomic E-state index is 15.1. The maximum atomic E-state index is 15.1. The zero-order chi connectivity index (χ0) is 36.1. The van der Waals surface area contributed by atoms with Crippen LogP contribution in [0.25, 0.3) is 0 Å². The van der Waals surface area contributed by atoms with Crippen molar-refractivity contribution < 1.29 is 46.9 Å². The lowest BCUT2D eigenvalue weighted by molar-refractivity contribution is 0.00578. The Bertz CT molecular complexity index is 1660. The normalized spacial score (nSPS) is 18.7. The van der Waals surface area contributed by atoms with E-state index in [1.165, 1.54) is 36.4 Å². The Morgan fingerprint density at radius 1 is 0.592 bits per heavy atom. The number of hydrogen-bond donors (Lipinski definition) is 3. The molecular weight excluding hydrogens is 636 g/mol. The minimum atomic E-state index is -1.21. The number of carboxylic acid groups (broad SMARTS) is 1. The summed E-state index contributed by atoms with van der Waals surface area (Å²) in [5.74, 6) is -3.71. The molecule has 0 saturated carbocycles. The monoisotopic (exact) mass is 676 g/mol. The van der Waals surface area contributed by atoms with Gasteiger partial charge in [-0.05, 0) is 103 Å². The number of carboxylic acids is 1. The molecule has 2 saturated heterocycles. The van der Waals surface area contributed by atoms with E-state index < -0.39 is 66.1 Å². The highest BCUT2D eigenvalue weighted by Gasteiger charge is 2.53. The number of aromatic carboxylic acids is 1. The number of rotatable bonds is 9. The van der Waals surface area contributed by atoms with Crippen molar-refractivity contribution >= 4 is 42.9 Å². The summed E-state index contributed by atoms with van der Waals surface area (Å²) in [7, 11) is -1.86. The Hall–Kier alpha value is -4.10. The van der Waals surface area contributed by atoms with Crippen LogP contribution in [0.3, 0.4) is 0 Å². The molecule has 3 N–H and O–H groups in total. The summed E-state index contributed by atoms with van der Waals surface area (Å²) in [5, 5.41) is 15.0. The third-order valence-corrected chi connectivity index (χ3v) is 9.75. The summed E-state index contributed by atoms with van der Waals surface area (Å²) in [4.78, 5) is 37.7. The van der Waals surface area contributed by atoms with Crippen molar-refractivity contribution in [2.24, 2.45) is 0 Å². The van der Waals surface area contributed by atoms with Crippen LogP contribution in [0.5, 0.6) is 0 Å². The quantitative estimate of drug-likeness (QED) is 0.289. The van der Waals surface area contributed by atoms with E-state index in [0.29, 0.717) is 11.1 Å². The highest BCUT2D eigenvalue weighted by molar-refractivity contribution is 6.62. The van der Waals surface area contributed by atoms with Crippen LogP contribution in [0, 0.1) is 11.6 Å². The van der Waals surface area contributed by atoms with Gasteiger partial charge in [-0.1, -0.05) is 18.2 Å². The van der Waals surface area contributed by atoms with E-state index in [9.17, 15) is 19.5 Å². The summed E-state index contributed by atoms with van der Waals surface area (Å²) in [6.07, 6.45) is 0. The van der Waals surface area contributed by atoms with Crippen molar-refractivity contribution in [1.82, 2.24) is 10.6 Å². The second-order valence-electron chi connectivity index (χ2n) is 14.4. The third-order valence-electron chi connectivity index (χ3n) is 9.75. The molecule has 0 radical (unpaired) electrons. The zero-order valence-corrected chi connectivity index (χ0v) is 28.8. The second-order valence-corrected chi connectivity index (χ2v) is 14.4. The molecule has 0 aliphatic carbocycles. The third kappa shape index (κ3) is 7.42. The summed E-state index contributed by atoms with van der Waals surface area (Å²) >= 11 is 0. The highest BCUT2D eigenvalue weighted by Crippen LogP contribution is 2.37. The van der Waals surface area contributed by atoms with Crippen molar-refractivity contribution in [1.29, 1.82) is 0 Å². The van der Waals surface area contributed by atoms with Crippen molar-refractivity contribution in [2.75, 3.05) is 0 Å². The molecule has 0 aromatic heterocycles. The smallest absolute Gasteiger partial charge is 0.478 e. The summed E-state index contributed by atoms with van der Waals surface area (Å²) in [6.45, 7) is 14.7. The van der Waals surface area contributed by atoms with Crippen molar-refractivity contribution in [3.8, 4) is 0 Å². The molecule has 0 spiro atoms. The van der Waals surface area contributed by atoms with E-state index in [-0.39, 0.29) is 40.7 Å². The standard InChI is InChI=1S/C35H40B2F2N2O8/c1-32(2)33(3,4)47-36(46-32)25-11-9-22(16-27(25)38)29(42)40-18-20-13-21(15-24(14-20)31(44)45)19-41-30(43)23-10-12-26(28(39)17-23)37-48-34(5,6)35(7,8)49-37/h9-17H,18-19H2,1-8H3,(H,40,42)(H,41,43)(H,44,45). The average molecular weight is 676 g/mol. The van der Waals surface area contributed by atoms with Gasteiger partial charge in [-0.3, -0.25) is 9.59 Å². The number of nitrogens with one attached hydrogen (secondary N) is 2.